The predicted octanol–water partition coefficient (Wildman–Crippen LogP) is 5.19. The van der Waals surface area contributed by atoms with Crippen molar-refractivity contribution >= 4 is 66.9 Å². The number of nitrogens with zero attached hydrogens (tertiary/aromatic N) is 2. The summed E-state index contributed by atoms with van der Waals surface area (Å²) in [6.07, 6.45) is 2.09. The molecular formula is C19H19BrN2OS3. The highest BCUT2D eigenvalue weighted by Gasteiger charge is 2.08. The largest absolute Gasteiger partial charge is 0.316 e. The number of fused-ring (bicyclic) bond motifs is 1. The first kappa shape index (κ1) is 19.7. The first-order valence-electron chi connectivity index (χ1n) is 8.14. The van der Waals surface area contributed by atoms with Crippen molar-refractivity contribution in [1.29, 1.82) is 0 Å². The van der Waals surface area contributed by atoms with E-state index in [0.29, 0.717) is 5.75 Å². The molecule has 1 heterocycles. The number of aromatic nitrogens is 1. The van der Waals surface area contributed by atoms with E-state index in [1.165, 1.54) is 5.56 Å². The molecule has 0 spiro atoms. The molecule has 0 aliphatic heterocycles. The number of carbonyl (C=O) groups is 1. The molecule has 0 aliphatic rings. The van der Waals surface area contributed by atoms with Gasteiger partial charge in [0.15, 0.2) is 4.80 Å². The lowest BCUT2D eigenvalue weighted by atomic mass is 10.2. The topological polar surface area (TPSA) is 34.4 Å². The Morgan fingerprint density at radius 2 is 2.04 bits per heavy atom. The highest BCUT2D eigenvalue weighted by molar-refractivity contribution is 9.10. The van der Waals surface area contributed by atoms with Gasteiger partial charge in [0.25, 0.3) is 5.91 Å². The molecule has 3 aromatic rings. The van der Waals surface area contributed by atoms with E-state index in [1.807, 2.05) is 24.3 Å². The van der Waals surface area contributed by atoms with Crippen molar-refractivity contribution in [3.8, 4) is 0 Å². The minimum atomic E-state index is -0.0746. The van der Waals surface area contributed by atoms with Crippen LogP contribution < -0.4 is 4.80 Å². The molecule has 3 rings (SSSR count). The third kappa shape index (κ3) is 5.25. The van der Waals surface area contributed by atoms with Gasteiger partial charge in [-0.15, -0.1) is 11.8 Å². The number of hydrogen-bond acceptors (Lipinski definition) is 4. The monoisotopic (exact) mass is 466 g/mol. The van der Waals surface area contributed by atoms with Crippen molar-refractivity contribution in [3.05, 3.63) is 63.4 Å². The maximum absolute atomic E-state index is 12.4. The maximum atomic E-state index is 12.4. The van der Waals surface area contributed by atoms with Crippen LogP contribution in [0.1, 0.15) is 5.56 Å². The normalized spacial score (nSPS) is 12.0. The summed E-state index contributed by atoms with van der Waals surface area (Å²) in [4.78, 5) is 17.6. The molecule has 0 aliphatic carbocycles. The first-order valence-corrected chi connectivity index (χ1v) is 12.3. The number of carbonyl (C=O) groups excluding carboxylic acids is 1. The maximum Gasteiger partial charge on any atom is 0.258 e. The quantitative estimate of drug-likeness (QED) is 0.480. The van der Waals surface area contributed by atoms with Crippen molar-refractivity contribution in [2.75, 3.05) is 17.8 Å². The smallest absolute Gasteiger partial charge is 0.258 e. The van der Waals surface area contributed by atoms with E-state index >= 15 is 0 Å². The molecule has 0 atom stereocenters. The Morgan fingerprint density at radius 1 is 1.23 bits per heavy atom. The lowest BCUT2D eigenvalue weighted by Gasteiger charge is -2.04. The number of hydrogen-bond donors (Lipinski definition) is 0. The zero-order valence-corrected chi connectivity index (χ0v) is 18.4. The zero-order valence-electron chi connectivity index (χ0n) is 14.4. The Labute approximate surface area is 174 Å². The highest BCUT2D eigenvalue weighted by Crippen LogP contribution is 2.22. The predicted molar refractivity (Wildman–Crippen MR) is 119 cm³/mol. The molecule has 1 amide bonds. The van der Waals surface area contributed by atoms with Gasteiger partial charge in [-0.05, 0) is 30.0 Å². The number of halogens is 1. The van der Waals surface area contributed by atoms with E-state index in [9.17, 15) is 4.79 Å². The molecule has 0 bridgehead atoms. The highest BCUT2D eigenvalue weighted by atomic mass is 79.9. The molecule has 0 N–H and O–H groups in total. The minimum Gasteiger partial charge on any atom is -0.316 e. The zero-order chi connectivity index (χ0) is 18.4. The van der Waals surface area contributed by atoms with Gasteiger partial charge in [-0.3, -0.25) is 4.79 Å². The molecule has 136 valence electrons. The summed E-state index contributed by atoms with van der Waals surface area (Å²) in [5, 5.41) is 0. The van der Waals surface area contributed by atoms with Gasteiger partial charge in [-0.25, -0.2) is 0 Å². The van der Waals surface area contributed by atoms with Gasteiger partial charge in [0.05, 0.1) is 16.0 Å². The Bertz CT molecular complexity index is 950. The van der Waals surface area contributed by atoms with Crippen LogP contribution in [0.4, 0.5) is 0 Å². The van der Waals surface area contributed by atoms with Crippen LogP contribution in [0.2, 0.25) is 0 Å². The molecule has 0 fully saturated rings. The third-order valence-corrected chi connectivity index (χ3v) is 6.84. The Hall–Kier alpha value is -1.02. The van der Waals surface area contributed by atoms with Crippen LogP contribution in [-0.2, 0) is 17.1 Å². The SMILES string of the molecule is CSCCn1c(=NC(=O)CSCc2ccccc2)sc2cc(Br)ccc21. The number of aryl methyl sites for hydroxylation is 1. The lowest BCUT2D eigenvalue weighted by Crippen LogP contribution is -2.18. The average molecular weight is 467 g/mol. The van der Waals surface area contributed by atoms with E-state index in [1.54, 1.807) is 34.9 Å². The Kier molecular flexibility index (Phi) is 7.42. The fraction of sp³-hybridized carbons (Fsp3) is 0.263. The standard InChI is InChI=1S/C19H19BrN2OS3/c1-24-10-9-22-16-8-7-15(20)11-17(16)26-19(22)21-18(23)13-25-12-14-5-3-2-4-6-14/h2-8,11H,9-10,12-13H2,1H3. The molecule has 26 heavy (non-hydrogen) atoms. The lowest BCUT2D eigenvalue weighted by molar-refractivity contribution is -0.115. The molecule has 2 aromatic carbocycles. The van der Waals surface area contributed by atoms with Gasteiger partial charge in [-0.2, -0.15) is 16.8 Å². The van der Waals surface area contributed by atoms with E-state index in [2.05, 4.69) is 56.0 Å². The van der Waals surface area contributed by atoms with Gasteiger partial charge in [0, 0.05) is 22.5 Å². The second-order valence-corrected chi connectivity index (χ2v) is 9.52. The number of amides is 1. The summed E-state index contributed by atoms with van der Waals surface area (Å²) < 4.78 is 4.34. The summed E-state index contributed by atoms with van der Waals surface area (Å²) in [6, 6.07) is 16.4. The van der Waals surface area contributed by atoms with Gasteiger partial charge in [0.2, 0.25) is 0 Å². The molecule has 7 heteroatoms. The fourth-order valence-corrected chi connectivity index (χ4v) is 5.26. The summed E-state index contributed by atoms with van der Waals surface area (Å²) in [5.74, 6) is 2.14. The molecule has 3 nitrogen and oxygen atoms in total. The summed E-state index contributed by atoms with van der Waals surface area (Å²) in [6.45, 7) is 0.853. The fourth-order valence-electron chi connectivity index (χ4n) is 2.50. The molecule has 1 aromatic heterocycles. The van der Waals surface area contributed by atoms with E-state index in [0.717, 1.165) is 37.5 Å². The van der Waals surface area contributed by atoms with Gasteiger partial charge < -0.3 is 4.57 Å². The molecule has 0 unspecified atom stereocenters. The first-order chi connectivity index (χ1) is 12.7. The Morgan fingerprint density at radius 3 is 2.81 bits per heavy atom. The van der Waals surface area contributed by atoms with Crippen molar-refractivity contribution in [3.63, 3.8) is 0 Å². The molecule has 0 saturated carbocycles. The van der Waals surface area contributed by atoms with Crippen LogP contribution in [-0.4, -0.2) is 28.2 Å². The number of thiazole rings is 1. The number of benzene rings is 2. The summed E-state index contributed by atoms with van der Waals surface area (Å²) in [7, 11) is 0. The molecule has 0 saturated heterocycles. The minimum absolute atomic E-state index is 0.0746. The summed E-state index contributed by atoms with van der Waals surface area (Å²) >= 11 is 8.49. The van der Waals surface area contributed by atoms with Crippen LogP contribution >= 0.6 is 50.8 Å². The molecule has 0 radical (unpaired) electrons. The van der Waals surface area contributed by atoms with Crippen molar-refractivity contribution in [2.45, 2.75) is 12.3 Å². The van der Waals surface area contributed by atoms with E-state index in [4.69, 9.17) is 0 Å². The molecular weight excluding hydrogens is 448 g/mol. The van der Waals surface area contributed by atoms with E-state index in [-0.39, 0.29) is 5.91 Å². The number of thioether (sulfide) groups is 2. The van der Waals surface area contributed by atoms with Gasteiger partial charge in [0.1, 0.15) is 0 Å². The second-order valence-electron chi connectivity index (χ2n) is 5.63. The van der Waals surface area contributed by atoms with Gasteiger partial charge >= 0.3 is 0 Å². The van der Waals surface area contributed by atoms with Crippen molar-refractivity contribution in [1.82, 2.24) is 4.57 Å². The van der Waals surface area contributed by atoms with Gasteiger partial charge in [-0.1, -0.05) is 57.6 Å². The van der Waals surface area contributed by atoms with Crippen LogP contribution in [0.5, 0.6) is 0 Å². The van der Waals surface area contributed by atoms with Crippen molar-refractivity contribution in [2.24, 2.45) is 4.99 Å². The van der Waals surface area contributed by atoms with E-state index < -0.39 is 0 Å². The second kappa shape index (κ2) is 9.78. The number of rotatable bonds is 7. The van der Waals surface area contributed by atoms with Crippen molar-refractivity contribution < 1.29 is 4.79 Å². The van der Waals surface area contributed by atoms with Crippen LogP contribution in [0.15, 0.2) is 58.0 Å². The third-order valence-electron chi connectivity index (χ3n) is 3.72. The van der Waals surface area contributed by atoms with Crippen LogP contribution in [0.3, 0.4) is 0 Å². The summed E-state index contributed by atoms with van der Waals surface area (Å²) in [5.41, 5.74) is 2.36. The van der Waals surface area contributed by atoms with Crippen LogP contribution in [0, 0.1) is 0 Å². The van der Waals surface area contributed by atoms with Crippen LogP contribution in [0.25, 0.3) is 10.2 Å². The average Bonchev–Trinajstić information content (AvgIpc) is 2.96. The Balaban J connectivity index is 1.77.